The molecule has 1 heterocycles. The van der Waals surface area contributed by atoms with E-state index >= 15 is 0 Å². The van der Waals surface area contributed by atoms with Gasteiger partial charge in [-0.3, -0.25) is 0 Å². The highest BCUT2D eigenvalue weighted by Gasteiger charge is 2.33. The van der Waals surface area contributed by atoms with E-state index in [4.69, 9.17) is 4.52 Å². The van der Waals surface area contributed by atoms with Crippen molar-refractivity contribution in [3.8, 4) is 0 Å². The highest BCUT2D eigenvalue weighted by Crippen LogP contribution is 2.29. The van der Waals surface area contributed by atoms with E-state index in [-0.39, 0.29) is 11.6 Å². The number of amides is 2. The summed E-state index contributed by atoms with van der Waals surface area (Å²) < 4.78 is 5.16. The Balaban J connectivity index is 1.44. The van der Waals surface area contributed by atoms with Crippen LogP contribution in [0.3, 0.4) is 0 Å². The molecule has 0 bridgehead atoms. The van der Waals surface area contributed by atoms with E-state index in [1.165, 1.54) is 11.1 Å². The first kappa shape index (κ1) is 16.6. The number of carbonyl (C=O) groups is 1. The Bertz CT molecular complexity index is 691. The fraction of sp³-hybridized carbons (Fsp3) is 0.474. The summed E-state index contributed by atoms with van der Waals surface area (Å²) in [5.74, 6) is 0.869. The van der Waals surface area contributed by atoms with Gasteiger partial charge in [0.25, 0.3) is 0 Å². The Labute approximate surface area is 142 Å². The van der Waals surface area contributed by atoms with Crippen LogP contribution in [0.5, 0.6) is 0 Å². The zero-order valence-electron chi connectivity index (χ0n) is 14.6. The molecule has 5 nitrogen and oxygen atoms in total. The van der Waals surface area contributed by atoms with Crippen LogP contribution >= 0.6 is 0 Å². The lowest BCUT2D eigenvalue weighted by atomic mass is 9.99. The summed E-state index contributed by atoms with van der Waals surface area (Å²) in [7, 11) is 0. The molecule has 0 spiro atoms. The van der Waals surface area contributed by atoms with Gasteiger partial charge in [0.15, 0.2) is 0 Å². The molecule has 0 saturated carbocycles. The zero-order valence-corrected chi connectivity index (χ0v) is 14.6. The summed E-state index contributed by atoms with van der Waals surface area (Å²) in [4.78, 5) is 12.2. The van der Waals surface area contributed by atoms with E-state index in [0.29, 0.717) is 6.54 Å². The highest BCUT2D eigenvalue weighted by atomic mass is 16.5. The molecule has 0 unspecified atom stereocenters. The highest BCUT2D eigenvalue weighted by molar-refractivity contribution is 5.75. The number of nitrogens with one attached hydrogen (secondary N) is 2. The molecule has 0 atom stereocenters. The first-order chi connectivity index (χ1) is 11.5. The van der Waals surface area contributed by atoms with E-state index in [2.05, 4.69) is 47.0 Å². The van der Waals surface area contributed by atoms with Crippen molar-refractivity contribution in [3.05, 3.63) is 52.4 Å². The van der Waals surface area contributed by atoms with Gasteiger partial charge in [0.05, 0.1) is 5.69 Å². The minimum absolute atomic E-state index is 0.0935. The minimum atomic E-state index is -0.199. The molecule has 5 heteroatoms. The van der Waals surface area contributed by atoms with Gasteiger partial charge in [-0.2, -0.15) is 0 Å². The molecule has 24 heavy (non-hydrogen) atoms. The number of rotatable bonds is 5. The van der Waals surface area contributed by atoms with Crippen molar-refractivity contribution in [1.82, 2.24) is 15.8 Å². The second kappa shape index (κ2) is 6.67. The van der Waals surface area contributed by atoms with Crippen molar-refractivity contribution in [2.45, 2.75) is 52.0 Å². The fourth-order valence-electron chi connectivity index (χ4n) is 3.54. The number of carbonyl (C=O) groups excluding carboxylic acids is 1. The van der Waals surface area contributed by atoms with Crippen LogP contribution in [0.2, 0.25) is 0 Å². The Hall–Kier alpha value is -2.30. The van der Waals surface area contributed by atoms with Gasteiger partial charge >= 0.3 is 6.03 Å². The van der Waals surface area contributed by atoms with E-state index in [9.17, 15) is 4.79 Å². The molecule has 2 N–H and O–H groups in total. The van der Waals surface area contributed by atoms with Gasteiger partial charge in [-0.25, -0.2) is 4.79 Å². The van der Waals surface area contributed by atoms with Gasteiger partial charge in [-0.15, -0.1) is 0 Å². The summed E-state index contributed by atoms with van der Waals surface area (Å²) in [6, 6.07) is 8.30. The molecule has 128 valence electrons. The summed E-state index contributed by atoms with van der Waals surface area (Å²) in [6.07, 6.45) is 3.50. The third-order valence-corrected chi connectivity index (χ3v) is 4.77. The van der Waals surface area contributed by atoms with E-state index in [1.54, 1.807) is 0 Å². The van der Waals surface area contributed by atoms with Crippen molar-refractivity contribution in [2.24, 2.45) is 0 Å². The lowest BCUT2D eigenvalue weighted by Gasteiger charge is -2.25. The first-order valence-electron chi connectivity index (χ1n) is 8.51. The average molecular weight is 327 g/mol. The second-order valence-corrected chi connectivity index (χ2v) is 6.97. The molecule has 1 aromatic heterocycles. The molecule has 1 aliphatic rings. The normalized spacial score (nSPS) is 15.1. The number of aromatic nitrogens is 1. The SMILES string of the molecule is Cc1noc(C)c1CCCNC(=O)NC1(C)Cc2ccccc2C1. The molecular formula is C19H25N3O2. The predicted octanol–water partition coefficient (Wildman–Crippen LogP) is 3.08. The second-order valence-electron chi connectivity index (χ2n) is 6.97. The molecular weight excluding hydrogens is 302 g/mol. The number of aryl methyl sites for hydroxylation is 2. The van der Waals surface area contributed by atoms with Crippen LogP contribution in [0.4, 0.5) is 4.79 Å². The average Bonchev–Trinajstić information content (AvgIpc) is 3.03. The van der Waals surface area contributed by atoms with Gasteiger partial charge in [0, 0.05) is 17.6 Å². The smallest absolute Gasteiger partial charge is 0.315 e. The molecule has 0 aliphatic heterocycles. The van der Waals surface area contributed by atoms with Crippen molar-refractivity contribution in [1.29, 1.82) is 0 Å². The maximum atomic E-state index is 12.2. The largest absolute Gasteiger partial charge is 0.361 e. The maximum Gasteiger partial charge on any atom is 0.315 e. The lowest BCUT2D eigenvalue weighted by molar-refractivity contribution is 0.228. The third kappa shape index (κ3) is 3.61. The fourth-order valence-corrected chi connectivity index (χ4v) is 3.54. The Morgan fingerprint density at radius 1 is 1.25 bits per heavy atom. The number of urea groups is 1. The number of fused-ring (bicyclic) bond motifs is 1. The van der Waals surface area contributed by atoms with Crippen LogP contribution in [-0.4, -0.2) is 23.3 Å². The maximum absolute atomic E-state index is 12.2. The molecule has 3 rings (SSSR count). The van der Waals surface area contributed by atoms with Crippen LogP contribution in [-0.2, 0) is 19.3 Å². The molecule has 1 aromatic carbocycles. The standard InChI is InChI=1S/C19H25N3O2/c1-13-17(14(2)24-22-13)9-6-10-20-18(23)21-19(3)11-15-7-4-5-8-16(15)12-19/h4-5,7-8H,6,9-12H2,1-3H3,(H2,20,21,23). The molecule has 1 aliphatic carbocycles. The van der Waals surface area contributed by atoms with E-state index < -0.39 is 0 Å². The molecule has 2 aromatic rings. The van der Waals surface area contributed by atoms with Crippen LogP contribution in [0.15, 0.2) is 28.8 Å². The lowest BCUT2D eigenvalue weighted by Crippen LogP contribution is -2.51. The topological polar surface area (TPSA) is 67.2 Å². The molecule has 2 amide bonds. The van der Waals surface area contributed by atoms with Crippen molar-refractivity contribution in [3.63, 3.8) is 0 Å². The molecule has 0 radical (unpaired) electrons. The number of hydrogen-bond donors (Lipinski definition) is 2. The summed E-state index contributed by atoms with van der Waals surface area (Å²) >= 11 is 0. The van der Waals surface area contributed by atoms with Gasteiger partial charge < -0.3 is 15.2 Å². The number of benzene rings is 1. The van der Waals surface area contributed by atoms with Crippen molar-refractivity contribution >= 4 is 6.03 Å². The van der Waals surface area contributed by atoms with Crippen LogP contribution in [0, 0.1) is 13.8 Å². The molecule has 0 saturated heterocycles. The first-order valence-corrected chi connectivity index (χ1v) is 8.51. The number of hydrogen-bond acceptors (Lipinski definition) is 3. The van der Waals surface area contributed by atoms with Gasteiger partial charge in [0.2, 0.25) is 0 Å². The van der Waals surface area contributed by atoms with Gasteiger partial charge in [-0.05, 0) is 57.6 Å². The van der Waals surface area contributed by atoms with Gasteiger partial charge in [-0.1, -0.05) is 29.4 Å². The number of nitrogens with zero attached hydrogens (tertiary/aromatic N) is 1. The quantitative estimate of drug-likeness (QED) is 0.829. The van der Waals surface area contributed by atoms with Crippen LogP contribution < -0.4 is 10.6 Å². The Kier molecular flexibility index (Phi) is 4.60. The Morgan fingerprint density at radius 3 is 2.50 bits per heavy atom. The monoisotopic (exact) mass is 327 g/mol. The zero-order chi connectivity index (χ0) is 17.2. The van der Waals surface area contributed by atoms with Crippen LogP contribution in [0.25, 0.3) is 0 Å². The van der Waals surface area contributed by atoms with Crippen molar-refractivity contribution in [2.75, 3.05) is 6.54 Å². The summed E-state index contributed by atoms with van der Waals surface area (Å²) in [5, 5.41) is 10.1. The predicted molar refractivity (Wildman–Crippen MR) is 93.1 cm³/mol. The molecule has 0 fully saturated rings. The Morgan fingerprint density at radius 2 is 1.92 bits per heavy atom. The summed E-state index contributed by atoms with van der Waals surface area (Å²) in [6.45, 7) is 6.62. The third-order valence-electron chi connectivity index (χ3n) is 4.77. The van der Waals surface area contributed by atoms with Crippen molar-refractivity contribution < 1.29 is 9.32 Å². The van der Waals surface area contributed by atoms with E-state index in [0.717, 1.165) is 42.7 Å². The van der Waals surface area contributed by atoms with E-state index in [1.807, 2.05) is 13.8 Å². The van der Waals surface area contributed by atoms with Gasteiger partial charge in [0.1, 0.15) is 5.76 Å². The summed E-state index contributed by atoms with van der Waals surface area (Å²) in [5.41, 5.74) is 4.55. The minimum Gasteiger partial charge on any atom is -0.361 e. The van der Waals surface area contributed by atoms with Crippen LogP contribution in [0.1, 0.15) is 41.5 Å².